The lowest BCUT2D eigenvalue weighted by Gasteiger charge is -2.07. The minimum Gasteiger partial charge on any atom is -0.381 e. The van der Waals surface area contributed by atoms with Gasteiger partial charge in [-0.3, -0.25) is 4.79 Å². The van der Waals surface area contributed by atoms with Crippen molar-refractivity contribution in [2.45, 2.75) is 31.8 Å². The molecule has 5 heteroatoms. The number of anilines is 1. The maximum atomic E-state index is 11.6. The Hall–Kier alpha value is -1.83. The van der Waals surface area contributed by atoms with E-state index in [1.807, 2.05) is 6.07 Å². The van der Waals surface area contributed by atoms with Crippen LogP contribution < -0.4 is 10.9 Å². The maximum Gasteiger partial charge on any atom is 0.270 e. The Bertz CT molecular complexity index is 455. The predicted molar refractivity (Wildman–Crippen MR) is 55.5 cm³/mol. The van der Waals surface area contributed by atoms with E-state index in [4.69, 9.17) is 5.26 Å². The van der Waals surface area contributed by atoms with Crippen molar-refractivity contribution in [3.8, 4) is 6.07 Å². The average molecular weight is 204 g/mol. The van der Waals surface area contributed by atoms with Gasteiger partial charge in [0.2, 0.25) is 0 Å². The first kappa shape index (κ1) is 9.71. The van der Waals surface area contributed by atoms with Gasteiger partial charge in [-0.25, -0.2) is 4.68 Å². The highest BCUT2D eigenvalue weighted by atomic mass is 16.1. The average Bonchev–Trinajstić information content (AvgIpc) is 3.01. The van der Waals surface area contributed by atoms with Crippen LogP contribution in [0.3, 0.4) is 0 Å². The fourth-order valence-corrected chi connectivity index (χ4v) is 1.31. The smallest absolute Gasteiger partial charge is 0.270 e. The highest BCUT2D eigenvalue weighted by Gasteiger charge is 2.21. The maximum absolute atomic E-state index is 11.6. The molecule has 1 atom stereocenters. The Morgan fingerprint density at radius 2 is 2.47 bits per heavy atom. The summed E-state index contributed by atoms with van der Waals surface area (Å²) in [6.07, 6.45) is 3.89. The minimum atomic E-state index is -0.521. The lowest BCUT2D eigenvalue weighted by atomic mass is 10.4. The molecule has 1 aromatic heterocycles. The summed E-state index contributed by atoms with van der Waals surface area (Å²) < 4.78 is 1.18. The largest absolute Gasteiger partial charge is 0.381 e. The molecule has 0 aliphatic heterocycles. The van der Waals surface area contributed by atoms with Crippen molar-refractivity contribution in [3.63, 3.8) is 0 Å². The normalized spacial score (nSPS) is 16.8. The van der Waals surface area contributed by atoms with Gasteiger partial charge in [-0.1, -0.05) is 0 Å². The third kappa shape index (κ3) is 2.15. The molecule has 0 spiro atoms. The van der Waals surface area contributed by atoms with Crippen LogP contribution >= 0.6 is 0 Å². The van der Waals surface area contributed by atoms with Crippen LogP contribution in [-0.4, -0.2) is 15.8 Å². The Morgan fingerprint density at radius 3 is 3.00 bits per heavy atom. The summed E-state index contributed by atoms with van der Waals surface area (Å²) in [5, 5.41) is 15.8. The molecule has 1 unspecified atom stereocenters. The van der Waals surface area contributed by atoms with Gasteiger partial charge < -0.3 is 5.32 Å². The van der Waals surface area contributed by atoms with Crippen LogP contribution in [0.15, 0.2) is 17.1 Å². The second kappa shape index (κ2) is 3.73. The van der Waals surface area contributed by atoms with Gasteiger partial charge in [-0.15, -0.1) is 0 Å². The van der Waals surface area contributed by atoms with Crippen LogP contribution in [0.4, 0.5) is 5.69 Å². The van der Waals surface area contributed by atoms with Gasteiger partial charge in [0.25, 0.3) is 5.56 Å². The third-order valence-corrected chi connectivity index (χ3v) is 2.33. The van der Waals surface area contributed by atoms with Crippen LogP contribution in [0.5, 0.6) is 0 Å². The zero-order valence-electron chi connectivity index (χ0n) is 8.47. The SMILES string of the molecule is CC(C#N)n1ncc(NC2CC2)cc1=O. The number of nitrogens with one attached hydrogen (secondary N) is 1. The molecule has 1 saturated carbocycles. The Morgan fingerprint density at radius 1 is 1.73 bits per heavy atom. The van der Waals surface area contributed by atoms with Crippen molar-refractivity contribution >= 4 is 5.69 Å². The molecule has 2 rings (SSSR count). The van der Waals surface area contributed by atoms with Gasteiger partial charge in [0.1, 0.15) is 6.04 Å². The highest BCUT2D eigenvalue weighted by molar-refractivity contribution is 5.41. The van der Waals surface area contributed by atoms with Crippen LogP contribution in [0.1, 0.15) is 25.8 Å². The van der Waals surface area contributed by atoms with E-state index in [0.717, 1.165) is 18.5 Å². The van der Waals surface area contributed by atoms with Crippen LogP contribution in [0, 0.1) is 11.3 Å². The Labute approximate surface area is 87.3 Å². The molecule has 0 bridgehead atoms. The number of nitriles is 1. The molecule has 1 N–H and O–H groups in total. The van der Waals surface area contributed by atoms with Gasteiger partial charge in [-0.05, 0) is 19.8 Å². The van der Waals surface area contributed by atoms with Gasteiger partial charge in [-0.2, -0.15) is 10.4 Å². The Balaban J connectivity index is 2.22. The highest BCUT2D eigenvalue weighted by Crippen LogP contribution is 2.23. The second-order valence-corrected chi connectivity index (χ2v) is 3.75. The summed E-state index contributed by atoms with van der Waals surface area (Å²) in [7, 11) is 0. The minimum absolute atomic E-state index is 0.241. The lowest BCUT2D eigenvalue weighted by Crippen LogP contribution is -2.25. The van der Waals surface area contributed by atoms with E-state index in [-0.39, 0.29) is 5.56 Å². The topological polar surface area (TPSA) is 70.7 Å². The number of hydrogen-bond acceptors (Lipinski definition) is 4. The summed E-state index contributed by atoms with van der Waals surface area (Å²) in [5.41, 5.74) is 0.499. The lowest BCUT2D eigenvalue weighted by molar-refractivity contribution is 0.555. The molecule has 1 aliphatic carbocycles. The molecular formula is C10H12N4O. The second-order valence-electron chi connectivity index (χ2n) is 3.75. The fourth-order valence-electron chi connectivity index (χ4n) is 1.31. The number of nitrogens with zero attached hydrogens (tertiary/aromatic N) is 3. The molecule has 0 amide bonds. The molecule has 15 heavy (non-hydrogen) atoms. The van der Waals surface area contributed by atoms with Crippen LogP contribution in [0.2, 0.25) is 0 Å². The van der Waals surface area contributed by atoms with Gasteiger partial charge in [0.15, 0.2) is 0 Å². The fraction of sp³-hybridized carbons (Fsp3) is 0.500. The molecule has 0 radical (unpaired) electrons. The number of aromatic nitrogens is 2. The van der Waals surface area contributed by atoms with Crippen molar-refractivity contribution in [1.29, 1.82) is 5.26 Å². The van der Waals surface area contributed by atoms with Crippen molar-refractivity contribution < 1.29 is 0 Å². The summed E-state index contributed by atoms with van der Waals surface area (Å²) in [6.45, 7) is 1.64. The van der Waals surface area contributed by atoms with Crippen molar-refractivity contribution in [2.75, 3.05) is 5.32 Å². The molecule has 1 aromatic rings. The molecular weight excluding hydrogens is 192 g/mol. The first-order valence-electron chi connectivity index (χ1n) is 4.95. The Kier molecular flexibility index (Phi) is 2.42. The van der Waals surface area contributed by atoms with Gasteiger partial charge in [0, 0.05) is 12.1 Å². The molecule has 1 heterocycles. The van der Waals surface area contributed by atoms with E-state index in [1.165, 1.54) is 10.7 Å². The summed E-state index contributed by atoms with van der Waals surface area (Å²) in [5.74, 6) is 0. The zero-order chi connectivity index (χ0) is 10.8. The van der Waals surface area contributed by atoms with E-state index in [0.29, 0.717) is 6.04 Å². The molecule has 1 aliphatic rings. The van der Waals surface area contributed by atoms with E-state index >= 15 is 0 Å². The van der Waals surface area contributed by atoms with E-state index in [9.17, 15) is 4.79 Å². The molecule has 0 aromatic carbocycles. The van der Waals surface area contributed by atoms with E-state index in [1.54, 1.807) is 13.1 Å². The third-order valence-electron chi connectivity index (χ3n) is 2.33. The first-order valence-corrected chi connectivity index (χ1v) is 4.95. The van der Waals surface area contributed by atoms with E-state index < -0.39 is 6.04 Å². The number of hydrogen-bond donors (Lipinski definition) is 1. The van der Waals surface area contributed by atoms with E-state index in [2.05, 4.69) is 10.4 Å². The van der Waals surface area contributed by atoms with Gasteiger partial charge in [0.05, 0.1) is 18.0 Å². The van der Waals surface area contributed by atoms with Crippen LogP contribution in [-0.2, 0) is 0 Å². The summed E-state index contributed by atoms with van der Waals surface area (Å²) >= 11 is 0. The van der Waals surface area contributed by atoms with Crippen LogP contribution in [0.25, 0.3) is 0 Å². The monoisotopic (exact) mass is 204 g/mol. The van der Waals surface area contributed by atoms with Gasteiger partial charge >= 0.3 is 0 Å². The molecule has 78 valence electrons. The predicted octanol–water partition coefficient (Wildman–Crippen LogP) is 0.902. The quantitative estimate of drug-likeness (QED) is 0.794. The van der Waals surface area contributed by atoms with Crippen molar-refractivity contribution in [3.05, 3.63) is 22.6 Å². The first-order chi connectivity index (χ1) is 7.20. The molecule has 0 saturated heterocycles. The number of rotatable bonds is 3. The summed E-state index contributed by atoms with van der Waals surface area (Å²) in [4.78, 5) is 11.6. The molecule has 5 nitrogen and oxygen atoms in total. The van der Waals surface area contributed by atoms with Crippen molar-refractivity contribution in [1.82, 2.24) is 9.78 Å². The zero-order valence-corrected chi connectivity index (χ0v) is 8.47. The molecule has 1 fully saturated rings. The van der Waals surface area contributed by atoms with Crippen molar-refractivity contribution in [2.24, 2.45) is 0 Å². The summed E-state index contributed by atoms with van der Waals surface area (Å²) in [6, 6.07) is 3.43. The standard InChI is InChI=1S/C10H12N4O/c1-7(5-11)14-10(15)4-9(6-12-14)13-8-2-3-8/h4,6-8,13H,2-3H2,1H3.